The standard InChI is InChI=1S/C13H10ClFN2O2.C8H9ClO.CH4O.CH2O/c1-19-10-4-2-3-8(15)11(10)13(18)12-9(16)5-7(14)6-17-12;1-6-3-4-7(9)8(5-6)10-2;2*1-2/h2-6H,16H2,1H3;3-5H,1-2H3;2H,1H3;1H2. The molecule has 0 saturated carbocycles. The van der Waals surface area contributed by atoms with E-state index in [9.17, 15) is 9.18 Å². The van der Waals surface area contributed by atoms with Gasteiger partial charge in [-0.25, -0.2) is 9.37 Å². The molecule has 2 aromatic carbocycles. The monoisotopic (exact) mass is 498 g/mol. The number of hydrogen-bond donors (Lipinski definition) is 2. The summed E-state index contributed by atoms with van der Waals surface area (Å²) in [7, 11) is 3.96. The second-order valence-corrected chi connectivity index (χ2v) is 6.72. The van der Waals surface area contributed by atoms with Crippen molar-refractivity contribution in [3.63, 3.8) is 0 Å². The fourth-order valence-electron chi connectivity index (χ4n) is 2.42. The predicted octanol–water partition coefficient (Wildman–Crippen LogP) is 4.78. The molecule has 0 saturated heterocycles. The lowest BCUT2D eigenvalue weighted by Gasteiger charge is -2.09. The Hall–Kier alpha value is -3.20. The molecule has 0 amide bonds. The van der Waals surface area contributed by atoms with Crippen LogP contribution in [0.15, 0.2) is 48.7 Å². The van der Waals surface area contributed by atoms with E-state index in [1.807, 2.05) is 31.9 Å². The highest BCUT2D eigenvalue weighted by Gasteiger charge is 2.22. The second kappa shape index (κ2) is 15.6. The van der Waals surface area contributed by atoms with Crippen molar-refractivity contribution in [1.82, 2.24) is 4.98 Å². The summed E-state index contributed by atoms with van der Waals surface area (Å²) in [5, 5.41) is 7.96. The number of carbonyl (C=O) groups excluding carboxylic acids is 2. The van der Waals surface area contributed by atoms with Crippen LogP contribution >= 0.6 is 23.2 Å². The Kier molecular flexibility index (Phi) is 14.1. The van der Waals surface area contributed by atoms with Gasteiger partial charge in [0.25, 0.3) is 0 Å². The topological polar surface area (TPSA) is 112 Å². The number of aliphatic hydroxyl groups excluding tert-OH is 1. The number of nitrogens with two attached hydrogens (primary N) is 1. The first-order valence-corrected chi connectivity index (χ1v) is 9.86. The first-order chi connectivity index (χ1) is 15.8. The number of nitrogens with zero attached hydrogens (tertiary/aromatic N) is 1. The van der Waals surface area contributed by atoms with Gasteiger partial charge in [-0.3, -0.25) is 4.79 Å². The van der Waals surface area contributed by atoms with Gasteiger partial charge in [-0.05, 0) is 42.8 Å². The van der Waals surface area contributed by atoms with Crippen LogP contribution in [0.1, 0.15) is 21.6 Å². The van der Waals surface area contributed by atoms with Crippen LogP contribution in [0.4, 0.5) is 10.1 Å². The summed E-state index contributed by atoms with van der Waals surface area (Å²) < 4.78 is 23.8. The van der Waals surface area contributed by atoms with Crippen LogP contribution in [0.25, 0.3) is 0 Å². The number of nitrogen functional groups attached to an aromatic ring is 1. The third-order valence-electron chi connectivity index (χ3n) is 3.83. The number of carbonyl (C=O) groups is 2. The maximum Gasteiger partial charge on any atom is 0.220 e. The summed E-state index contributed by atoms with van der Waals surface area (Å²) in [6, 6.07) is 11.2. The summed E-state index contributed by atoms with van der Waals surface area (Å²) in [6.07, 6.45) is 1.28. The molecule has 3 N–H and O–H groups in total. The fourth-order valence-corrected chi connectivity index (χ4v) is 2.79. The minimum atomic E-state index is -0.694. The minimum absolute atomic E-state index is 0.0622. The summed E-state index contributed by atoms with van der Waals surface area (Å²) in [5.41, 5.74) is 6.65. The molecular formula is C23H25Cl2FN2O5. The van der Waals surface area contributed by atoms with Gasteiger partial charge in [-0.2, -0.15) is 0 Å². The van der Waals surface area contributed by atoms with Gasteiger partial charge in [0.15, 0.2) is 0 Å². The molecule has 0 fully saturated rings. The predicted molar refractivity (Wildman–Crippen MR) is 128 cm³/mol. The van der Waals surface area contributed by atoms with E-state index in [2.05, 4.69) is 4.98 Å². The average Bonchev–Trinajstić information content (AvgIpc) is 2.83. The van der Waals surface area contributed by atoms with Gasteiger partial charge in [0, 0.05) is 13.3 Å². The van der Waals surface area contributed by atoms with Crippen LogP contribution in [0.2, 0.25) is 10.0 Å². The number of ether oxygens (including phenoxy) is 2. The van der Waals surface area contributed by atoms with E-state index in [0.29, 0.717) is 10.0 Å². The van der Waals surface area contributed by atoms with Crippen LogP contribution < -0.4 is 15.2 Å². The van der Waals surface area contributed by atoms with Crippen molar-refractivity contribution in [2.45, 2.75) is 6.92 Å². The number of benzene rings is 2. The number of hydrogen-bond acceptors (Lipinski definition) is 7. The SMILES string of the molecule is C=O.CO.COc1cc(C)ccc1Cl.COc1cccc(F)c1C(=O)c1ncc(Cl)cc1N. The molecule has 3 aromatic rings. The van der Waals surface area contributed by atoms with Gasteiger partial charge in [-0.15, -0.1) is 0 Å². The first kappa shape index (κ1) is 29.8. The number of anilines is 1. The third kappa shape index (κ3) is 8.69. The Morgan fingerprint density at radius 3 is 2.18 bits per heavy atom. The van der Waals surface area contributed by atoms with Crippen LogP contribution in [0.5, 0.6) is 11.5 Å². The molecule has 0 aliphatic rings. The van der Waals surface area contributed by atoms with Gasteiger partial charge in [0.05, 0.1) is 30.0 Å². The molecule has 178 valence electrons. The Balaban J connectivity index is 0.000000617. The van der Waals surface area contributed by atoms with E-state index < -0.39 is 11.6 Å². The van der Waals surface area contributed by atoms with Gasteiger partial charge in [0.2, 0.25) is 5.78 Å². The first-order valence-electron chi connectivity index (χ1n) is 9.10. The molecule has 1 aromatic heterocycles. The zero-order valence-corrected chi connectivity index (χ0v) is 20.1. The van der Waals surface area contributed by atoms with Crippen LogP contribution in [-0.2, 0) is 4.79 Å². The Morgan fingerprint density at radius 2 is 1.67 bits per heavy atom. The second-order valence-electron chi connectivity index (χ2n) is 5.88. The lowest BCUT2D eigenvalue weighted by atomic mass is 10.0. The smallest absolute Gasteiger partial charge is 0.220 e. The van der Waals surface area contributed by atoms with Crippen LogP contribution in [0.3, 0.4) is 0 Å². The highest BCUT2D eigenvalue weighted by molar-refractivity contribution is 6.32. The maximum atomic E-state index is 13.8. The highest BCUT2D eigenvalue weighted by Crippen LogP contribution is 2.26. The molecule has 0 unspecified atom stereocenters. The molecule has 0 atom stereocenters. The van der Waals surface area contributed by atoms with Crippen molar-refractivity contribution >= 4 is 41.5 Å². The summed E-state index contributed by atoms with van der Waals surface area (Å²) in [4.78, 5) is 24.1. The number of aliphatic hydroxyl groups is 1. The Morgan fingerprint density at radius 1 is 1.06 bits per heavy atom. The maximum absolute atomic E-state index is 13.8. The summed E-state index contributed by atoms with van der Waals surface area (Å²) in [6.45, 7) is 4.00. The number of aryl methyl sites for hydroxylation is 1. The summed E-state index contributed by atoms with van der Waals surface area (Å²) >= 11 is 11.5. The molecule has 33 heavy (non-hydrogen) atoms. The van der Waals surface area contributed by atoms with E-state index in [4.69, 9.17) is 48.3 Å². The van der Waals surface area contributed by atoms with Crippen molar-refractivity contribution in [2.75, 3.05) is 27.1 Å². The molecule has 0 radical (unpaired) electrons. The molecule has 3 rings (SSSR count). The lowest BCUT2D eigenvalue weighted by Crippen LogP contribution is -2.11. The van der Waals surface area contributed by atoms with E-state index in [0.717, 1.165) is 18.4 Å². The molecule has 7 nitrogen and oxygen atoms in total. The van der Waals surface area contributed by atoms with E-state index >= 15 is 0 Å². The van der Waals surface area contributed by atoms with Gasteiger partial charge in [-0.1, -0.05) is 35.3 Å². The van der Waals surface area contributed by atoms with Crippen molar-refractivity contribution in [3.05, 3.63) is 81.3 Å². The largest absolute Gasteiger partial charge is 0.496 e. The van der Waals surface area contributed by atoms with E-state index in [1.165, 1.54) is 37.6 Å². The minimum Gasteiger partial charge on any atom is -0.496 e. The quantitative estimate of drug-likeness (QED) is 0.497. The Labute approximate surface area is 201 Å². The third-order valence-corrected chi connectivity index (χ3v) is 4.35. The number of rotatable bonds is 4. The van der Waals surface area contributed by atoms with Crippen molar-refractivity contribution in [1.29, 1.82) is 0 Å². The number of methoxy groups -OCH3 is 2. The molecule has 1 heterocycles. The zero-order valence-electron chi connectivity index (χ0n) is 18.6. The van der Waals surface area contributed by atoms with Gasteiger partial charge < -0.3 is 25.1 Å². The number of ketones is 1. The Bertz CT molecular complexity index is 1050. The highest BCUT2D eigenvalue weighted by atomic mass is 35.5. The normalized spacial score (nSPS) is 9.09. The summed E-state index contributed by atoms with van der Waals surface area (Å²) in [5.74, 6) is -0.479. The van der Waals surface area contributed by atoms with E-state index in [-0.39, 0.29) is 22.7 Å². The van der Waals surface area contributed by atoms with Crippen molar-refractivity contribution < 1.29 is 28.6 Å². The molecule has 10 heteroatoms. The lowest BCUT2D eigenvalue weighted by molar-refractivity contribution is -0.0980. The van der Waals surface area contributed by atoms with Gasteiger partial charge >= 0.3 is 0 Å². The molecule has 0 bridgehead atoms. The van der Waals surface area contributed by atoms with Gasteiger partial charge in [0.1, 0.15) is 35.4 Å². The molecule has 0 spiro atoms. The van der Waals surface area contributed by atoms with Crippen molar-refractivity contribution in [2.24, 2.45) is 0 Å². The number of aromatic nitrogens is 1. The number of halogens is 3. The van der Waals surface area contributed by atoms with Crippen LogP contribution in [0, 0.1) is 12.7 Å². The number of pyridine rings is 1. The van der Waals surface area contributed by atoms with Crippen LogP contribution in [-0.4, -0.2) is 44.0 Å². The van der Waals surface area contributed by atoms with Crippen molar-refractivity contribution in [3.8, 4) is 11.5 Å². The zero-order chi connectivity index (χ0) is 25.6. The average molecular weight is 499 g/mol. The van der Waals surface area contributed by atoms with E-state index in [1.54, 1.807) is 7.11 Å². The fraction of sp³-hybridized carbons (Fsp3) is 0.174. The molecule has 0 aliphatic heterocycles. The molecular weight excluding hydrogens is 474 g/mol. The molecule has 0 aliphatic carbocycles.